The number of anilines is 1. The zero-order valence-corrected chi connectivity index (χ0v) is 14.5. The van der Waals surface area contributed by atoms with Crippen LogP contribution >= 0.6 is 15.9 Å². The smallest absolute Gasteiger partial charge is 0.192 e. The average molecular weight is 364 g/mol. The number of ketones is 1. The lowest BCUT2D eigenvalue weighted by atomic mass is 10.0. The Morgan fingerprint density at radius 1 is 1.36 bits per heavy atom. The van der Waals surface area contributed by atoms with Crippen LogP contribution in [0.1, 0.15) is 43.0 Å². The highest BCUT2D eigenvalue weighted by molar-refractivity contribution is 9.10. The Kier molecular flexibility index (Phi) is 5.77. The van der Waals surface area contributed by atoms with Gasteiger partial charge in [0.15, 0.2) is 5.78 Å². The van der Waals surface area contributed by atoms with Gasteiger partial charge in [-0.2, -0.15) is 0 Å². The molecule has 1 aliphatic heterocycles. The predicted molar refractivity (Wildman–Crippen MR) is 93.6 cm³/mol. The summed E-state index contributed by atoms with van der Waals surface area (Å²) in [7, 11) is 0. The lowest BCUT2D eigenvalue weighted by Gasteiger charge is -2.23. The first-order chi connectivity index (χ1) is 10.5. The molecule has 118 valence electrons. The number of carbonyl (C=O) groups excluding carboxylic acids is 1. The second-order valence-corrected chi connectivity index (χ2v) is 6.55. The number of hydrogen-bond donors (Lipinski definition) is 1. The largest absolute Gasteiger partial charge is 0.383 e. The van der Waals surface area contributed by atoms with Gasteiger partial charge in [0.05, 0.1) is 5.56 Å². The van der Waals surface area contributed by atoms with Gasteiger partial charge in [-0.25, -0.2) is 4.98 Å². The number of Topliss-reactive ketones (excluding diaryl/α,β-unsaturated/α-hetero) is 1. The second-order valence-electron chi connectivity index (χ2n) is 5.64. The van der Waals surface area contributed by atoms with Crippen molar-refractivity contribution >= 4 is 27.5 Å². The summed E-state index contributed by atoms with van der Waals surface area (Å²) in [4.78, 5) is 18.8. The summed E-state index contributed by atoms with van der Waals surface area (Å²) < 4.78 is 0.740. The minimum Gasteiger partial charge on any atom is -0.383 e. The van der Waals surface area contributed by atoms with Gasteiger partial charge in [0.25, 0.3) is 0 Å². The Balaban J connectivity index is 2.15. The molecule has 22 heavy (non-hydrogen) atoms. The number of nitrogens with zero attached hydrogens (tertiary/aromatic N) is 2. The maximum Gasteiger partial charge on any atom is 0.192 e. The number of halogens is 1. The molecule has 0 atom stereocenters. The summed E-state index contributed by atoms with van der Waals surface area (Å²) in [5, 5.41) is 0. The Bertz CT molecular complexity index is 602. The number of carbonyl (C=O) groups is 1. The molecule has 0 saturated carbocycles. The van der Waals surface area contributed by atoms with Crippen LogP contribution in [-0.2, 0) is 0 Å². The van der Waals surface area contributed by atoms with E-state index in [-0.39, 0.29) is 11.6 Å². The van der Waals surface area contributed by atoms with Gasteiger partial charge in [-0.1, -0.05) is 19.4 Å². The molecule has 0 aliphatic carbocycles. The first-order valence-corrected chi connectivity index (χ1v) is 8.36. The van der Waals surface area contributed by atoms with Gasteiger partial charge in [0.1, 0.15) is 5.82 Å². The predicted octanol–water partition coefficient (Wildman–Crippen LogP) is 3.95. The first kappa shape index (κ1) is 16.7. The maximum atomic E-state index is 12.5. The molecule has 0 aromatic carbocycles. The van der Waals surface area contributed by atoms with Crippen molar-refractivity contribution in [2.45, 2.75) is 32.6 Å². The van der Waals surface area contributed by atoms with Crippen LogP contribution in [0.3, 0.4) is 0 Å². The van der Waals surface area contributed by atoms with Gasteiger partial charge in [-0.05, 0) is 53.4 Å². The van der Waals surface area contributed by atoms with Crippen LogP contribution in [0.2, 0.25) is 0 Å². The quantitative estimate of drug-likeness (QED) is 0.499. The Hall–Kier alpha value is -1.62. The van der Waals surface area contributed by atoms with E-state index >= 15 is 0 Å². The van der Waals surface area contributed by atoms with Crippen LogP contribution in [0, 0.1) is 0 Å². The number of likely N-dealkylation sites (tertiary alicyclic amines) is 1. The Labute approximate surface area is 140 Å². The molecular weight excluding hydrogens is 342 g/mol. The van der Waals surface area contributed by atoms with E-state index in [1.165, 1.54) is 25.7 Å². The highest BCUT2D eigenvalue weighted by atomic mass is 79.9. The molecular formula is C17H22BrN3O. The number of nitrogens with two attached hydrogens (primary N) is 1. The lowest BCUT2D eigenvalue weighted by molar-refractivity contribution is 0.103. The third-order valence-electron chi connectivity index (χ3n) is 3.88. The zero-order chi connectivity index (χ0) is 16.1. The lowest BCUT2D eigenvalue weighted by Crippen LogP contribution is -2.22. The summed E-state index contributed by atoms with van der Waals surface area (Å²) in [6.45, 7) is 7.94. The number of hydrogen-bond acceptors (Lipinski definition) is 4. The van der Waals surface area contributed by atoms with Gasteiger partial charge in [-0.3, -0.25) is 4.79 Å². The van der Waals surface area contributed by atoms with E-state index in [1.807, 2.05) is 6.08 Å². The number of aromatic nitrogens is 1. The molecule has 0 radical (unpaired) electrons. The van der Waals surface area contributed by atoms with E-state index in [4.69, 9.17) is 5.73 Å². The Morgan fingerprint density at radius 3 is 2.64 bits per heavy atom. The molecule has 0 unspecified atom stereocenters. The summed E-state index contributed by atoms with van der Waals surface area (Å²) in [6, 6.07) is 1.71. The molecule has 1 aromatic heterocycles. The van der Waals surface area contributed by atoms with Crippen LogP contribution in [0.5, 0.6) is 0 Å². The minimum absolute atomic E-state index is 0.109. The second kappa shape index (κ2) is 7.58. The normalized spacial score (nSPS) is 16.3. The molecule has 2 N–H and O–H groups in total. The fourth-order valence-corrected chi connectivity index (χ4v) is 2.94. The van der Waals surface area contributed by atoms with E-state index in [9.17, 15) is 4.79 Å². The summed E-state index contributed by atoms with van der Waals surface area (Å²) in [6.07, 6.45) is 8.34. The number of allylic oxidation sites excluding steroid dienone is 2. The van der Waals surface area contributed by atoms with Crippen molar-refractivity contribution in [3.05, 3.63) is 46.2 Å². The van der Waals surface area contributed by atoms with Gasteiger partial charge in [0, 0.05) is 29.5 Å². The highest BCUT2D eigenvalue weighted by Gasteiger charge is 2.15. The standard InChI is InChI=1S/C17H22BrN3O/c1-12(9-13(2)21-7-5-3-4-6-8-21)16(22)15-10-14(18)11-20-17(15)19/h9-11H,2-8H2,1H3,(H2,19,20)/b12-9+. The van der Waals surface area contributed by atoms with Crippen molar-refractivity contribution in [2.75, 3.05) is 18.8 Å². The van der Waals surface area contributed by atoms with E-state index < -0.39 is 0 Å². The molecule has 5 heteroatoms. The van der Waals surface area contributed by atoms with Crippen molar-refractivity contribution in [2.24, 2.45) is 0 Å². The van der Waals surface area contributed by atoms with E-state index in [1.54, 1.807) is 19.2 Å². The zero-order valence-electron chi connectivity index (χ0n) is 12.9. The van der Waals surface area contributed by atoms with Crippen LogP contribution in [0.25, 0.3) is 0 Å². The van der Waals surface area contributed by atoms with Gasteiger partial charge in [-0.15, -0.1) is 0 Å². The summed E-state index contributed by atoms with van der Waals surface area (Å²) in [5.74, 6) is 0.142. The topological polar surface area (TPSA) is 59.2 Å². The van der Waals surface area contributed by atoms with Crippen molar-refractivity contribution < 1.29 is 4.79 Å². The van der Waals surface area contributed by atoms with Crippen molar-refractivity contribution in [3.8, 4) is 0 Å². The van der Waals surface area contributed by atoms with Crippen molar-refractivity contribution in [1.29, 1.82) is 0 Å². The van der Waals surface area contributed by atoms with Crippen LogP contribution in [-0.4, -0.2) is 28.8 Å². The van der Waals surface area contributed by atoms with Gasteiger partial charge in [0.2, 0.25) is 0 Å². The van der Waals surface area contributed by atoms with E-state index in [0.717, 1.165) is 23.3 Å². The molecule has 2 rings (SSSR count). The maximum absolute atomic E-state index is 12.5. The van der Waals surface area contributed by atoms with Crippen LogP contribution < -0.4 is 5.73 Å². The Morgan fingerprint density at radius 2 is 2.00 bits per heavy atom. The van der Waals surface area contributed by atoms with E-state index in [0.29, 0.717) is 11.1 Å². The third-order valence-corrected chi connectivity index (χ3v) is 4.32. The molecule has 1 aliphatic rings. The molecule has 1 fully saturated rings. The number of pyridine rings is 1. The van der Waals surface area contributed by atoms with Crippen molar-refractivity contribution in [3.63, 3.8) is 0 Å². The van der Waals surface area contributed by atoms with Crippen molar-refractivity contribution in [1.82, 2.24) is 9.88 Å². The SMILES string of the molecule is C=C(/C=C(\C)C(=O)c1cc(Br)cnc1N)N1CCCCCC1. The fourth-order valence-electron chi connectivity index (χ4n) is 2.61. The number of nitrogen functional groups attached to an aromatic ring is 1. The molecule has 0 spiro atoms. The molecule has 0 amide bonds. The van der Waals surface area contributed by atoms with Gasteiger partial charge < -0.3 is 10.6 Å². The molecule has 0 bridgehead atoms. The average Bonchev–Trinajstić information content (AvgIpc) is 2.78. The molecule has 4 nitrogen and oxygen atoms in total. The molecule has 1 aromatic rings. The summed E-state index contributed by atoms with van der Waals surface area (Å²) >= 11 is 3.32. The number of rotatable bonds is 4. The minimum atomic E-state index is -0.109. The monoisotopic (exact) mass is 363 g/mol. The van der Waals surface area contributed by atoms with Crippen LogP contribution in [0.4, 0.5) is 5.82 Å². The third kappa shape index (κ3) is 4.19. The highest BCUT2D eigenvalue weighted by Crippen LogP contribution is 2.21. The fraction of sp³-hybridized carbons (Fsp3) is 0.412. The molecule has 2 heterocycles. The molecule has 1 saturated heterocycles. The van der Waals surface area contributed by atoms with E-state index in [2.05, 4.69) is 32.4 Å². The van der Waals surface area contributed by atoms with Crippen LogP contribution in [0.15, 0.2) is 40.7 Å². The summed E-state index contributed by atoms with van der Waals surface area (Å²) in [5.41, 5.74) is 7.76. The van der Waals surface area contributed by atoms with Gasteiger partial charge >= 0.3 is 0 Å². The first-order valence-electron chi connectivity index (χ1n) is 7.57.